The van der Waals surface area contributed by atoms with Crippen molar-refractivity contribution in [1.82, 2.24) is 0 Å². The molecule has 6 unspecified atom stereocenters. The van der Waals surface area contributed by atoms with Gasteiger partial charge in [0.15, 0.2) is 0 Å². The molecule has 0 aromatic rings. The number of esters is 2. The van der Waals surface area contributed by atoms with E-state index in [0.717, 1.165) is 19.3 Å². The molecular weight excluding hydrogens is 244 g/mol. The van der Waals surface area contributed by atoms with Gasteiger partial charge in [-0.1, -0.05) is 27.7 Å². The quantitative estimate of drug-likeness (QED) is 0.738. The van der Waals surface area contributed by atoms with Crippen molar-refractivity contribution in [2.45, 2.75) is 59.2 Å². The van der Waals surface area contributed by atoms with Crippen molar-refractivity contribution in [2.75, 3.05) is 0 Å². The van der Waals surface area contributed by atoms with E-state index in [4.69, 9.17) is 9.47 Å². The van der Waals surface area contributed by atoms with Crippen molar-refractivity contribution in [3.05, 3.63) is 0 Å². The van der Waals surface area contributed by atoms with Crippen molar-refractivity contribution >= 4 is 11.9 Å². The Hall–Kier alpha value is -1.06. The lowest BCUT2D eigenvalue weighted by molar-refractivity contribution is -0.165. The first-order valence-electron chi connectivity index (χ1n) is 7.52. The number of fused-ring (bicyclic) bond motifs is 1. The topological polar surface area (TPSA) is 52.6 Å². The maximum absolute atomic E-state index is 11.8. The van der Waals surface area contributed by atoms with E-state index in [-0.39, 0.29) is 36.0 Å². The highest BCUT2D eigenvalue weighted by Gasteiger charge is 2.63. The first kappa shape index (κ1) is 14.4. The van der Waals surface area contributed by atoms with E-state index in [1.54, 1.807) is 0 Å². The highest BCUT2D eigenvalue weighted by atomic mass is 16.6. The fraction of sp³-hybridized carbons (Fsp3) is 0.867. The van der Waals surface area contributed by atoms with Gasteiger partial charge in [0.05, 0.1) is 11.8 Å². The number of rotatable bonds is 3. The van der Waals surface area contributed by atoms with E-state index in [9.17, 15) is 9.59 Å². The summed E-state index contributed by atoms with van der Waals surface area (Å²) >= 11 is 0. The molecule has 2 aliphatic carbocycles. The summed E-state index contributed by atoms with van der Waals surface area (Å²) in [4.78, 5) is 23.4. The molecule has 0 amide bonds. The summed E-state index contributed by atoms with van der Waals surface area (Å²) in [5, 5.41) is 0. The number of carbonyl (C=O) groups excluding carboxylic acids is 2. The molecular formula is C15H24O4. The third-order valence-electron chi connectivity index (χ3n) is 4.68. The van der Waals surface area contributed by atoms with Crippen molar-refractivity contribution < 1.29 is 19.1 Å². The molecule has 3 fully saturated rings. The fourth-order valence-electron chi connectivity index (χ4n) is 3.48. The monoisotopic (exact) mass is 268 g/mol. The van der Waals surface area contributed by atoms with Gasteiger partial charge in [0.25, 0.3) is 0 Å². The van der Waals surface area contributed by atoms with E-state index in [2.05, 4.69) is 0 Å². The molecule has 0 aromatic heterocycles. The zero-order chi connectivity index (χ0) is 14.2. The van der Waals surface area contributed by atoms with Crippen LogP contribution < -0.4 is 0 Å². The van der Waals surface area contributed by atoms with Gasteiger partial charge in [0, 0.05) is 11.8 Å². The molecule has 0 aromatic carbocycles. The van der Waals surface area contributed by atoms with E-state index in [1.165, 1.54) is 0 Å². The standard InChI is InChI=1S/C13H18O4.C2H6/c1-3-6(2)12(14)16-10-7-4-8-9(5-7)13(15)17-11(8)10;1-2/h6-11H,3-5H2,1-2H3;1-2H3. The van der Waals surface area contributed by atoms with Crippen LogP contribution in [0.15, 0.2) is 0 Å². The van der Waals surface area contributed by atoms with Crippen LogP contribution in [0.2, 0.25) is 0 Å². The second-order valence-corrected chi connectivity index (χ2v) is 5.61. The maximum atomic E-state index is 11.8. The van der Waals surface area contributed by atoms with Gasteiger partial charge in [-0.05, 0) is 19.3 Å². The summed E-state index contributed by atoms with van der Waals surface area (Å²) in [6.07, 6.45) is 2.29. The third-order valence-corrected chi connectivity index (χ3v) is 4.68. The molecule has 108 valence electrons. The summed E-state index contributed by atoms with van der Waals surface area (Å²) in [7, 11) is 0. The van der Waals surface area contributed by atoms with Gasteiger partial charge >= 0.3 is 11.9 Å². The van der Waals surface area contributed by atoms with Crippen LogP contribution in [0.25, 0.3) is 0 Å². The van der Waals surface area contributed by atoms with Gasteiger partial charge < -0.3 is 9.47 Å². The molecule has 3 aliphatic rings. The SMILES string of the molecule is CC.CCC(C)C(=O)OC1C2CC3C(=O)OC1C3C2. The van der Waals surface area contributed by atoms with Gasteiger partial charge in [-0.15, -0.1) is 0 Å². The van der Waals surface area contributed by atoms with Gasteiger partial charge in [-0.3, -0.25) is 9.59 Å². The Bertz CT molecular complexity index is 365. The van der Waals surface area contributed by atoms with Crippen molar-refractivity contribution in [3.63, 3.8) is 0 Å². The van der Waals surface area contributed by atoms with Crippen LogP contribution in [-0.4, -0.2) is 24.1 Å². The van der Waals surface area contributed by atoms with Crippen LogP contribution in [-0.2, 0) is 19.1 Å². The zero-order valence-electron chi connectivity index (χ0n) is 12.2. The van der Waals surface area contributed by atoms with Crippen LogP contribution in [0.1, 0.15) is 47.0 Å². The van der Waals surface area contributed by atoms with E-state index >= 15 is 0 Å². The Kier molecular flexibility index (Phi) is 4.16. The number of ether oxygens (including phenoxy) is 2. The predicted molar refractivity (Wildman–Crippen MR) is 70.3 cm³/mol. The fourth-order valence-corrected chi connectivity index (χ4v) is 3.48. The zero-order valence-corrected chi connectivity index (χ0v) is 12.2. The highest BCUT2D eigenvalue weighted by molar-refractivity contribution is 5.77. The minimum absolute atomic E-state index is 0.0676. The lowest BCUT2D eigenvalue weighted by Gasteiger charge is -2.26. The normalized spacial score (nSPS) is 39.4. The van der Waals surface area contributed by atoms with Crippen LogP contribution in [0.3, 0.4) is 0 Å². The summed E-state index contributed by atoms with van der Waals surface area (Å²) in [5.74, 6) is 0.441. The maximum Gasteiger partial charge on any atom is 0.309 e. The molecule has 4 heteroatoms. The summed E-state index contributed by atoms with van der Waals surface area (Å²) < 4.78 is 10.9. The van der Waals surface area contributed by atoms with E-state index in [1.807, 2.05) is 27.7 Å². The van der Waals surface area contributed by atoms with Gasteiger partial charge in [0.2, 0.25) is 0 Å². The lowest BCUT2D eigenvalue weighted by atomic mass is 9.88. The summed E-state index contributed by atoms with van der Waals surface area (Å²) in [6.45, 7) is 7.84. The molecule has 19 heavy (non-hydrogen) atoms. The first-order chi connectivity index (χ1) is 9.11. The molecule has 2 saturated carbocycles. The Labute approximate surface area is 114 Å². The Morgan fingerprint density at radius 3 is 2.74 bits per heavy atom. The lowest BCUT2D eigenvalue weighted by Crippen LogP contribution is -2.37. The van der Waals surface area contributed by atoms with E-state index in [0.29, 0.717) is 11.8 Å². The molecule has 1 aliphatic heterocycles. The van der Waals surface area contributed by atoms with Crippen molar-refractivity contribution in [1.29, 1.82) is 0 Å². The Morgan fingerprint density at radius 1 is 1.42 bits per heavy atom. The van der Waals surface area contributed by atoms with Gasteiger partial charge in [-0.25, -0.2) is 0 Å². The number of hydrogen-bond acceptors (Lipinski definition) is 4. The van der Waals surface area contributed by atoms with E-state index < -0.39 is 0 Å². The highest BCUT2D eigenvalue weighted by Crippen LogP contribution is 2.55. The van der Waals surface area contributed by atoms with Gasteiger partial charge in [0.1, 0.15) is 12.2 Å². The second kappa shape index (κ2) is 5.51. The van der Waals surface area contributed by atoms with Crippen molar-refractivity contribution in [2.24, 2.45) is 23.7 Å². The average molecular weight is 268 g/mol. The summed E-state index contributed by atoms with van der Waals surface area (Å²) in [5.41, 5.74) is 0. The van der Waals surface area contributed by atoms with Crippen molar-refractivity contribution in [3.8, 4) is 0 Å². The molecule has 3 rings (SSSR count). The smallest absolute Gasteiger partial charge is 0.309 e. The number of carbonyl (C=O) groups is 2. The molecule has 2 bridgehead atoms. The Balaban J connectivity index is 0.000000637. The molecule has 1 heterocycles. The Morgan fingerprint density at radius 2 is 2.11 bits per heavy atom. The molecule has 1 saturated heterocycles. The van der Waals surface area contributed by atoms with Crippen LogP contribution in [0.4, 0.5) is 0 Å². The van der Waals surface area contributed by atoms with Crippen LogP contribution in [0, 0.1) is 23.7 Å². The molecule has 6 atom stereocenters. The molecule has 0 N–H and O–H groups in total. The van der Waals surface area contributed by atoms with Crippen LogP contribution in [0.5, 0.6) is 0 Å². The third kappa shape index (κ3) is 2.26. The minimum Gasteiger partial charge on any atom is -0.458 e. The largest absolute Gasteiger partial charge is 0.458 e. The summed E-state index contributed by atoms with van der Waals surface area (Å²) in [6, 6.07) is 0. The second-order valence-electron chi connectivity index (χ2n) is 5.61. The minimum atomic E-state index is -0.177. The predicted octanol–water partition coefficient (Wildman–Crippen LogP) is 2.55. The van der Waals surface area contributed by atoms with Crippen LogP contribution >= 0.6 is 0 Å². The molecule has 0 radical (unpaired) electrons. The van der Waals surface area contributed by atoms with Gasteiger partial charge in [-0.2, -0.15) is 0 Å². The first-order valence-corrected chi connectivity index (χ1v) is 7.52. The molecule has 4 nitrogen and oxygen atoms in total. The average Bonchev–Trinajstić information content (AvgIpc) is 3.04. The number of hydrogen-bond donors (Lipinski definition) is 0. The molecule has 0 spiro atoms.